The van der Waals surface area contributed by atoms with Gasteiger partial charge in [-0.25, -0.2) is 0 Å². The first-order valence-corrected chi connectivity index (χ1v) is 9.39. The maximum atomic E-state index is 13.0. The van der Waals surface area contributed by atoms with Gasteiger partial charge >= 0.3 is 5.69 Å². The van der Waals surface area contributed by atoms with E-state index in [2.05, 4.69) is 5.32 Å². The average Bonchev–Trinajstić information content (AvgIpc) is 2.76. The number of hydrogen-bond donors (Lipinski definition) is 1. The Hall–Kier alpha value is -3.82. The zero-order chi connectivity index (χ0) is 23.1. The van der Waals surface area contributed by atoms with Gasteiger partial charge in [-0.15, -0.1) is 0 Å². The highest BCUT2D eigenvalue weighted by Gasteiger charge is 2.34. The Morgan fingerprint density at radius 3 is 2.29 bits per heavy atom. The lowest BCUT2D eigenvalue weighted by atomic mass is 10.1. The number of para-hydroxylation sites is 1. The minimum atomic E-state index is -0.745. The molecule has 0 aliphatic carbocycles. The predicted molar refractivity (Wildman–Crippen MR) is 114 cm³/mol. The smallest absolute Gasteiger partial charge is 0.327 e. The van der Waals surface area contributed by atoms with Crippen LogP contribution in [0.15, 0.2) is 30.3 Å². The quantitative estimate of drug-likeness (QED) is 0.479. The van der Waals surface area contributed by atoms with Crippen molar-refractivity contribution in [2.24, 2.45) is 0 Å². The van der Waals surface area contributed by atoms with Crippen molar-refractivity contribution in [1.82, 2.24) is 4.90 Å². The van der Waals surface area contributed by atoms with Crippen LogP contribution in [-0.2, 0) is 11.2 Å². The first-order valence-electron chi connectivity index (χ1n) is 9.39. The predicted octanol–water partition coefficient (Wildman–Crippen LogP) is 2.89. The first kappa shape index (κ1) is 23.5. The molecule has 0 atom stereocenters. The number of nitrogens with one attached hydrogen (secondary N) is 1. The van der Waals surface area contributed by atoms with Crippen molar-refractivity contribution in [2.45, 2.75) is 13.3 Å². The SMILES string of the molecule is CCc1ccccc1NC(=O)CN(C)C(=O)c1cc(OC)c(OC)c(OC)c1[N+](=O)[O-]. The fourth-order valence-electron chi connectivity index (χ4n) is 3.12. The number of methoxy groups -OCH3 is 3. The van der Waals surface area contributed by atoms with E-state index in [0.717, 1.165) is 16.9 Å². The molecule has 10 heteroatoms. The summed E-state index contributed by atoms with van der Waals surface area (Å²) in [6.45, 7) is 1.65. The molecule has 2 amide bonds. The van der Waals surface area contributed by atoms with Crippen LogP contribution in [0.2, 0.25) is 0 Å². The fourth-order valence-corrected chi connectivity index (χ4v) is 3.12. The number of nitro groups is 1. The Bertz CT molecular complexity index is 991. The molecule has 166 valence electrons. The van der Waals surface area contributed by atoms with Crippen LogP contribution in [-0.4, -0.2) is 56.6 Å². The summed E-state index contributed by atoms with van der Waals surface area (Å²) in [7, 11) is 5.23. The molecule has 0 aliphatic heterocycles. The molecule has 10 nitrogen and oxygen atoms in total. The molecule has 0 radical (unpaired) electrons. The normalized spacial score (nSPS) is 10.2. The number of nitro benzene ring substituents is 1. The van der Waals surface area contributed by atoms with E-state index in [9.17, 15) is 19.7 Å². The topological polar surface area (TPSA) is 120 Å². The molecular formula is C21H25N3O7. The number of anilines is 1. The molecule has 0 heterocycles. The average molecular weight is 431 g/mol. The summed E-state index contributed by atoms with van der Waals surface area (Å²) < 4.78 is 15.5. The third-order valence-corrected chi connectivity index (χ3v) is 4.62. The maximum absolute atomic E-state index is 13.0. The maximum Gasteiger partial charge on any atom is 0.327 e. The Balaban J connectivity index is 2.34. The molecular weight excluding hydrogens is 406 g/mol. The highest BCUT2D eigenvalue weighted by molar-refractivity contribution is 6.03. The lowest BCUT2D eigenvalue weighted by Gasteiger charge is -2.19. The van der Waals surface area contributed by atoms with Gasteiger partial charge in [0.25, 0.3) is 5.91 Å². The molecule has 0 aliphatic rings. The van der Waals surface area contributed by atoms with Crippen LogP contribution >= 0.6 is 0 Å². The second-order valence-electron chi connectivity index (χ2n) is 6.52. The van der Waals surface area contributed by atoms with Gasteiger partial charge in [-0.1, -0.05) is 25.1 Å². The summed E-state index contributed by atoms with van der Waals surface area (Å²) in [5, 5.41) is 14.5. The van der Waals surface area contributed by atoms with Crippen LogP contribution in [0.1, 0.15) is 22.8 Å². The summed E-state index contributed by atoms with van der Waals surface area (Å²) >= 11 is 0. The molecule has 0 bridgehead atoms. The number of benzene rings is 2. The van der Waals surface area contributed by atoms with Crippen molar-refractivity contribution in [3.63, 3.8) is 0 Å². The van der Waals surface area contributed by atoms with Crippen molar-refractivity contribution in [3.05, 3.63) is 51.6 Å². The molecule has 0 saturated carbocycles. The Kier molecular flexibility index (Phi) is 7.78. The summed E-state index contributed by atoms with van der Waals surface area (Å²) in [4.78, 5) is 37.5. The van der Waals surface area contributed by atoms with Crippen molar-refractivity contribution in [2.75, 3.05) is 40.2 Å². The summed E-state index contributed by atoms with van der Waals surface area (Å²) in [5.74, 6) is -1.35. The van der Waals surface area contributed by atoms with E-state index in [1.165, 1.54) is 34.4 Å². The van der Waals surface area contributed by atoms with Crippen molar-refractivity contribution in [3.8, 4) is 17.2 Å². The zero-order valence-corrected chi connectivity index (χ0v) is 18.1. The minimum Gasteiger partial charge on any atom is -0.493 e. The second-order valence-corrected chi connectivity index (χ2v) is 6.52. The van der Waals surface area contributed by atoms with Gasteiger partial charge in [0.05, 0.1) is 32.8 Å². The number of rotatable bonds is 9. The number of hydrogen-bond acceptors (Lipinski definition) is 7. The van der Waals surface area contributed by atoms with E-state index in [4.69, 9.17) is 14.2 Å². The second kappa shape index (κ2) is 10.3. The molecule has 0 spiro atoms. The van der Waals surface area contributed by atoms with E-state index in [1.807, 2.05) is 19.1 Å². The molecule has 2 aromatic rings. The molecule has 2 rings (SSSR count). The highest BCUT2D eigenvalue weighted by atomic mass is 16.6. The van der Waals surface area contributed by atoms with Crippen molar-refractivity contribution in [1.29, 1.82) is 0 Å². The fraction of sp³-hybridized carbons (Fsp3) is 0.333. The molecule has 31 heavy (non-hydrogen) atoms. The van der Waals surface area contributed by atoms with Crippen LogP contribution in [0.4, 0.5) is 11.4 Å². The van der Waals surface area contributed by atoms with Crippen LogP contribution in [0, 0.1) is 10.1 Å². The van der Waals surface area contributed by atoms with E-state index in [0.29, 0.717) is 5.69 Å². The number of ether oxygens (including phenoxy) is 3. The largest absolute Gasteiger partial charge is 0.493 e. The molecule has 0 unspecified atom stereocenters. The third-order valence-electron chi connectivity index (χ3n) is 4.62. The van der Waals surface area contributed by atoms with E-state index in [-0.39, 0.29) is 29.4 Å². The number of nitrogens with zero attached hydrogens (tertiary/aromatic N) is 2. The Labute approximate surface area is 179 Å². The van der Waals surface area contributed by atoms with E-state index in [1.54, 1.807) is 12.1 Å². The van der Waals surface area contributed by atoms with Gasteiger partial charge in [-0.05, 0) is 18.1 Å². The number of carbonyl (C=O) groups excluding carboxylic acids is 2. The number of aryl methyl sites for hydroxylation is 1. The monoisotopic (exact) mass is 431 g/mol. The third kappa shape index (κ3) is 5.03. The first-order chi connectivity index (χ1) is 14.8. The molecule has 0 fully saturated rings. The van der Waals surface area contributed by atoms with Crippen LogP contribution in [0.5, 0.6) is 17.2 Å². The standard InChI is InChI=1S/C21H25N3O7/c1-6-13-9-7-8-10-15(13)22-17(25)12-23(2)21(26)14-11-16(29-3)19(30-4)20(31-5)18(14)24(27)28/h7-11H,6,12H2,1-5H3,(H,22,25). The number of likely N-dealkylation sites (N-methyl/N-ethyl adjacent to an activating group) is 1. The molecule has 0 saturated heterocycles. The van der Waals surface area contributed by atoms with E-state index >= 15 is 0 Å². The summed E-state index contributed by atoms with van der Waals surface area (Å²) in [6, 6.07) is 8.52. The minimum absolute atomic E-state index is 0.00943. The van der Waals surface area contributed by atoms with Crippen LogP contribution in [0.25, 0.3) is 0 Å². The summed E-state index contributed by atoms with van der Waals surface area (Å²) in [5.41, 5.74) is 0.734. The van der Waals surface area contributed by atoms with E-state index < -0.39 is 22.4 Å². The van der Waals surface area contributed by atoms with Gasteiger partial charge in [0.1, 0.15) is 5.56 Å². The number of carbonyl (C=O) groups is 2. The molecule has 0 aromatic heterocycles. The van der Waals surface area contributed by atoms with Gasteiger partial charge in [0, 0.05) is 18.8 Å². The Morgan fingerprint density at radius 1 is 1.10 bits per heavy atom. The van der Waals surface area contributed by atoms with Crippen molar-refractivity contribution < 1.29 is 28.7 Å². The summed E-state index contributed by atoms with van der Waals surface area (Å²) in [6.07, 6.45) is 0.725. The van der Waals surface area contributed by atoms with Gasteiger partial charge < -0.3 is 24.4 Å². The lowest BCUT2D eigenvalue weighted by molar-refractivity contribution is -0.386. The van der Waals surface area contributed by atoms with Crippen molar-refractivity contribution >= 4 is 23.2 Å². The Morgan fingerprint density at radius 2 is 1.74 bits per heavy atom. The van der Waals surface area contributed by atoms with Crippen LogP contribution in [0.3, 0.4) is 0 Å². The van der Waals surface area contributed by atoms with Gasteiger partial charge in [-0.3, -0.25) is 19.7 Å². The van der Waals surface area contributed by atoms with Crippen LogP contribution < -0.4 is 19.5 Å². The molecule has 2 aromatic carbocycles. The van der Waals surface area contributed by atoms with Gasteiger partial charge in [0.15, 0.2) is 5.75 Å². The highest BCUT2D eigenvalue weighted by Crippen LogP contribution is 2.46. The molecule has 1 N–H and O–H groups in total. The van der Waals surface area contributed by atoms with Gasteiger partial charge in [0.2, 0.25) is 17.4 Å². The van der Waals surface area contributed by atoms with Gasteiger partial charge in [-0.2, -0.15) is 0 Å². The number of amides is 2. The lowest BCUT2D eigenvalue weighted by Crippen LogP contribution is -2.35. The zero-order valence-electron chi connectivity index (χ0n) is 18.1.